The number of ether oxygens (including phenoxy) is 2. The predicted molar refractivity (Wildman–Crippen MR) is 98.7 cm³/mol. The fraction of sp³-hybridized carbons (Fsp3) is 0.556. The van der Waals surface area contributed by atoms with Crippen molar-refractivity contribution in [3.63, 3.8) is 0 Å². The van der Waals surface area contributed by atoms with Gasteiger partial charge in [0.25, 0.3) is 0 Å². The second-order valence-electron chi connectivity index (χ2n) is 6.50. The minimum atomic E-state index is 0.482. The minimum Gasteiger partial charge on any atom is -0.492 e. The number of rotatable bonds is 5. The molecule has 1 aromatic carbocycles. The van der Waals surface area contributed by atoms with Gasteiger partial charge in [0.05, 0.1) is 29.8 Å². The maximum Gasteiger partial charge on any atom is 0.142 e. The van der Waals surface area contributed by atoms with E-state index < -0.39 is 0 Å². The zero-order chi connectivity index (χ0) is 17.1. The molecule has 2 saturated heterocycles. The third kappa shape index (κ3) is 3.81. The van der Waals surface area contributed by atoms with Gasteiger partial charge in [0.2, 0.25) is 0 Å². The molecule has 0 saturated carbocycles. The minimum absolute atomic E-state index is 0.482. The van der Waals surface area contributed by atoms with Gasteiger partial charge >= 0.3 is 0 Å². The Labute approximate surface area is 152 Å². The molecule has 0 atom stereocenters. The van der Waals surface area contributed by atoms with Crippen molar-refractivity contribution in [3.05, 3.63) is 23.6 Å². The highest BCUT2D eigenvalue weighted by Crippen LogP contribution is 2.35. The average Bonchev–Trinajstić information content (AvgIpc) is 3.15. The van der Waals surface area contributed by atoms with Crippen LogP contribution in [0.2, 0.25) is 5.15 Å². The molecular weight excluding hydrogens is 340 g/mol. The van der Waals surface area contributed by atoms with Crippen LogP contribution in [0.5, 0.6) is 5.75 Å². The molecule has 2 aromatic rings. The normalized spacial score (nSPS) is 18.8. The second kappa shape index (κ2) is 7.72. The number of benzene rings is 1. The molecule has 2 aliphatic heterocycles. The van der Waals surface area contributed by atoms with Crippen molar-refractivity contribution in [1.82, 2.24) is 14.9 Å². The highest BCUT2D eigenvalue weighted by Gasteiger charge is 2.19. The summed E-state index contributed by atoms with van der Waals surface area (Å²) in [6, 6.07) is 4.02. The molecule has 2 fully saturated rings. The Morgan fingerprint density at radius 2 is 1.88 bits per heavy atom. The lowest BCUT2D eigenvalue weighted by atomic mass is 10.1. The molecule has 25 heavy (non-hydrogen) atoms. The van der Waals surface area contributed by atoms with Crippen LogP contribution >= 0.6 is 11.6 Å². The van der Waals surface area contributed by atoms with Crippen molar-refractivity contribution in [2.45, 2.75) is 12.8 Å². The van der Waals surface area contributed by atoms with E-state index in [1.54, 1.807) is 0 Å². The van der Waals surface area contributed by atoms with Gasteiger partial charge in [0.1, 0.15) is 23.8 Å². The lowest BCUT2D eigenvalue weighted by Crippen LogP contribution is -2.36. The van der Waals surface area contributed by atoms with Gasteiger partial charge in [0.15, 0.2) is 0 Å². The van der Waals surface area contributed by atoms with Crippen LogP contribution < -0.4 is 9.64 Å². The van der Waals surface area contributed by atoms with Gasteiger partial charge in [0, 0.05) is 31.8 Å². The molecule has 7 heteroatoms. The molecule has 0 radical (unpaired) electrons. The average molecular weight is 363 g/mol. The summed E-state index contributed by atoms with van der Waals surface area (Å²) < 4.78 is 11.5. The largest absolute Gasteiger partial charge is 0.492 e. The Kier molecular flexibility index (Phi) is 5.20. The number of aromatic nitrogens is 2. The van der Waals surface area contributed by atoms with Gasteiger partial charge in [-0.05, 0) is 25.9 Å². The standard InChI is InChI=1S/C18H23ClN4O2/c19-18-17-15(20-13-21-18)11-14(25-10-5-22-3-1-2-4-22)12-16(17)23-6-8-24-9-7-23/h11-13H,1-10H2. The number of nitrogens with zero attached hydrogens (tertiary/aromatic N) is 4. The van der Waals surface area contributed by atoms with E-state index in [0.717, 1.165) is 42.0 Å². The lowest BCUT2D eigenvalue weighted by Gasteiger charge is -2.30. The number of morpholine rings is 1. The quantitative estimate of drug-likeness (QED) is 0.762. The Morgan fingerprint density at radius 1 is 1.08 bits per heavy atom. The summed E-state index contributed by atoms with van der Waals surface area (Å²) in [5.41, 5.74) is 1.85. The fourth-order valence-electron chi connectivity index (χ4n) is 3.54. The summed E-state index contributed by atoms with van der Waals surface area (Å²) in [6.45, 7) is 7.11. The van der Waals surface area contributed by atoms with E-state index in [1.165, 1.54) is 32.3 Å². The Bertz CT molecular complexity index is 730. The molecule has 2 aliphatic rings. The van der Waals surface area contributed by atoms with Gasteiger partial charge in [-0.25, -0.2) is 9.97 Å². The molecule has 0 N–H and O–H groups in total. The molecule has 134 valence electrons. The first-order valence-corrected chi connectivity index (χ1v) is 9.31. The number of hydrogen-bond acceptors (Lipinski definition) is 6. The lowest BCUT2D eigenvalue weighted by molar-refractivity contribution is 0.123. The van der Waals surface area contributed by atoms with E-state index in [2.05, 4.69) is 25.8 Å². The molecule has 4 rings (SSSR count). The van der Waals surface area contributed by atoms with E-state index in [0.29, 0.717) is 25.0 Å². The molecular formula is C18H23ClN4O2. The fourth-order valence-corrected chi connectivity index (χ4v) is 3.78. The third-order valence-electron chi connectivity index (χ3n) is 4.87. The molecule has 0 spiro atoms. The molecule has 0 aliphatic carbocycles. The molecule has 0 amide bonds. The van der Waals surface area contributed by atoms with Crippen LogP contribution in [0.25, 0.3) is 10.9 Å². The SMILES string of the molecule is Clc1ncnc2cc(OCCN3CCCC3)cc(N3CCOCC3)c12. The predicted octanol–water partition coefficient (Wildman–Crippen LogP) is 2.59. The van der Waals surface area contributed by atoms with Crippen LogP contribution in [-0.4, -0.2) is 67.4 Å². The zero-order valence-electron chi connectivity index (χ0n) is 14.3. The number of hydrogen-bond donors (Lipinski definition) is 0. The second-order valence-corrected chi connectivity index (χ2v) is 6.86. The first-order valence-electron chi connectivity index (χ1n) is 8.93. The van der Waals surface area contributed by atoms with Crippen LogP contribution in [0.1, 0.15) is 12.8 Å². The van der Waals surface area contributed by atoms with Crippen molar-refractivity contribution in [2.75, 3.05) is 57.4 Å². The number of anilines is 1. The van der Waals surface area contributed by atoms with Gasteiger partial charge in [-0.3, -0.25) is 4.90 Å². The van der Waals surface area contributed by atoms with Gasteiger partial charge < -0.3 is 14.4 Å². The van der Waals surface area contributed by atoms with Crippen LogP contribution in [0.15, 0.2) is 18.5 Å². The molecule has 0 bridgehead atoms. The Balaban J connectivity index is 1.58. The first kappa shape index (κ1) is 16.8. The Morgan fingerprint density at radius 3 is 2.68 bits per heavy atom. The summed E-state index contributed by atoms with van der Waals surface area (Å²) in [4.78, 5) is 13.3. The van der Waals surface area contributed by atoms with E-state index in [1.807, 2.05) is 6.07 Å². The van der Waals surface area contributed by atoms with E-state index >= 15 is 0 Å². The van der Waals surface area contributed by atoms with Crippen molar-refractivity contribution < 1.29 is 9.47 Å². The zero-order valence-corrected chi connectivity index (χ0v) is 15.0. The highest BCUT2D eigenvalue weighted by molar-refractivity contribution is 6.35. The Hall–Kier alpha value is -1.63. The number of halogens is 1. The third-order valence-corrected chi connectivity index (χ3v) is 5.16. The van der Waals surface area contributed by atoms with Crippen molar-refractivity contribution in [1.29, 1.82) is 0 Å². The van der Waals surface area contributed by atoms with Crippen LogP contribution in [0, 0.1) is 0 Å². The number of likely N-dealkylation sites (tertiary alicyclic amines) is 1. The molecule has 3 heterocycles. The van der Waals surface area contributed by atoms with E-state index in [9.17, 15) is 0 Å². The number of fused-ring (bicyclic) bond motifs is 1. The first-order chi connectivity index (χ1) is 12.3. The smallest absolute Gasteiger partial charge is 0.142 e. The highest BCUT2D eigenvalue weighted by atomic mass is 35.5. The maximum atomic E-state index is 6.37. The van der Waals surface area contributed by atoms with Crippen LogP contribution in [-0.2, 0) is 4.74 Å². The van der Waals surface area contributed by atoms with Crippen molar-refractivity contribution in [3.8, 4) is 5.75 Å². The van der Waals surface area contributed by atoms with Gasteiger partial charge in [-0.15, -0.1) is 0 Å². The summed E-state index contributed by atoms with van der Waals surface area (Å²) in [5, 5.41) is 1.37. The summed E-state index contributed by atoms with van der Waals surface area (Å²) in [5.74, 6) is 0.836. The van der Waals surface area contributed by atoms with Crippen molar-refractivity contribution in [2.24, 2.45) is 0 Å². The molecule has 1 aromatic heterocycles. The summed E-state index contributed by atoms with van der Waals surface area (Å²) >= 11 is 6.37. The molecule has 6 nitrogen and oxygen atoms in total. The van der Waals surface area contributed by atoms with Crippen molar-refractivity contribution >= 4 is 28.2 Å². The topological polar surface area (TPSA) is 50.7 Å². The van der Waals surface area contributed by atoms with Gasteiger partial charge in [-0.1, -0.05) is 11.6 Å². The summed E-state index contributed by atoms with van der Waals surface area (Å²) in [6.07, 6.45) is 4.10. The summed E-state index contributed by atoms with van der Waals surface area (Å²) in [7, 11) is 0. The maximum absolute atomic E-state index is 6.37. The molecule has 0 unspecified atom stereocenters. The van der Waals surface area contributed by atoms with Crippen LogP contribution in [0.3, 0.4) is 0 Å². The van der Waals surface area contributed by atoms with Crippen LogP contribution in [0.4, 0.5) is 5.69 Å². The van der Waals surface area contributed by atoms with E-state index in [4.69, 9.17) is 21.1 Å². The van der Waals surface area contributed by atoms with Gasteiger partial charge in [-0.2, -0.15) is 0 Å². The van der Waals surface area contributed by atoms with E-state index in [-0.39, 0.29) is 0 Å². The monoisotopic (exact) mass is 362 g/mol.